The first kappa shape index (κ1) is 23.2. The molecular formula is C22H20ClN3O5S. The zero-order chi connectivity index (χ0) is 23.1. The Kier molecular flexibility index (Phi) is 7.80. The van der Waals surface area contributed by atoms with Crippen molar-refractivity contribution in [1.82, 2.24) is 9.88 Å². The zero-order valence-corrected chi connectivity index (χ0v) is 18.9. The van der Waals surface area contributed by atoms with Crippen molar-refractivity contribution in [2.24, 2.45) is 0 Å². The van der Waals surface area contributed by atoms with E-state index in [0.29, 0.717) is 21.5 Å². The van der Waals surface area contributed by atoms with Crippen molar-refractivity contribution in [2.45, 2.75) is 0 Å². The number of benzene rings is 2. The number of nitrogens with zero attached hydrogens (tertiary/aromatic N) is 2. The van der Waals surface area contributed by atoms with Crippen molar-refractivity contribution in [3.8, 4) is 16.3 Å². The molecule has 2 amide bonds. The minimum atomic E-state index is -0.725. The summed E-state index contributed by atoms with van der Waals surface area (Å²) in [6, 6.07) is 13.9. The van der Waals surface area contributed by atoms with Crippen LogP contribution in [-0.4, -0.2) is 55.0 Å². The van der Waals surface area contributed by atoms with Crippen molar-refractivity contribution in [1.29, 1.82) is 0 Å². The molecule has 0 aliphatic carbocycles. The van der Waals surface area contributed by atoms with Gasteiger partial charge in [0.05, 0.1) is 13.7 Å². The minimum Gasteiger partial charge on any atom is -0.497 e. The molecule has 1 heterocycles. The molecule has 0 radical (unpaired) electrons. The van der Waals surface area contributed by atoms with Gasteiger partial charge in [0.2, 0.25) is 5.91 Å². The SMILES string of the molecule is COc1cccc(NC(=O)CN(C)C(=O)COC(=O)c2csc(-c3cccc(Cl)c3)n2)c1. The van der Waals surface area contributed by atoms with Gasteiger partial charge in [-0.3, -0.25) is 9.59 Å². The Morgan fingerprint density at radius 1 is 1.16 bits per heavy atom. The van der Waals surface area contributed by atoms with Crippen LogP contribution in [0.5, 0.6) is 5.75 Å². The van der Waals surface area contributed by atoms with Crippen LogP contribution in [0.15, 0.2) is 53.9 Å². The number of halogens is 1. The topological polar surface area (TPSA) is 97.8 Å². The van der Waals surface area contributed by atoms with E-state index in [2.05, 4.69) is 10.3 Å². The van der Waals surface area contributed by atoms with Crippen LogP contribution in [0.1, 0.15) is 10.5 Å². The summed E-state index contributed by atoms with van der Waals surface area (Å²) in [4.78, 5) is 42.1. The van der Waals surface area contributed by atoms with Crippen LogP contribution in [0, 0.1) is 0 Å². The number of ether oxygens (including phenoxy) is 2. The monoisotopic (exact) mass is 473 g/mol. The molecule has 32 heavy (non-hydrogen) atoms. The molecule has 0 atom stereocenters. The number of hydrogen-bond donors (Lipinski definition) is 1. The van der Waals surface area contributed by atoms with Crippen LogP contribution in [0.3, 0.4) is 0 Å². The number of anilines is 1. The van der Waals surface area contributed by atoms with Gasteiger partial charge in [0, 0.05) is 34.8 Å². The van der Waals surface area contributed by atoms with E-state index in [0.717, 1.165) is 5.56 Å². The summed E-state index contributed by atoms with van der Waals surface area (Å²) in [5.41, 5.74) is 1.41. The number of thiazole rings is 1. The zero-order valence-electron chi connectivity index (χ0n) is 17.3. The number of esters is 1. The summed E-state index contributed by atoms with van der Waals surface area (Å²) in [5.74, 6) is -1.05. The number of nitrogens with one attached hydrogen (secondary N) is 1. The average molecular weight is 474 g/mol. The van der Waals surface area contributed by atoms with Gasteiger partial charge in [0.1, 0.15) is 10.8 Å². The Balaban J connectivity index is 1.49. The number of aromatic nitrogens is 1. The Morgan fingerprint density at radius 2 is 1.94 bits per heavy atom. The van der Waals surface area contributed by atoms with Gasteiger partial charge in [0.25, 0.3) is 5.91 Å². The van der Waals surface area contributed by atoms with Crippen LogP contribution in [-0.2, 0) is 14.3 Å². The fraction of sp³-hybridized carbons (Fsp3) is 0.182. The van der Waals surface area contributed by atoms with Crippen molar-refractivity contribution in [2.75, 3.05) is 32.6 Å². The summed E-state index contributed by atoms with van der Waals surface area (Å²) in [6.45, 7) is -0.713. The predicted octanol–water partition coefficient (Wildman–Crippen LogP) is 3.73. The molecule has 0 fully saturated rings. The molecule has 0 spiro atoms. The highest BCUT2D eigenvalue weighted by Gasteiger charge is 2.18. The molecule has 3 rings (SSSR count). The van der Waals surface area contributed by atoms with E-state index >= 15 is 0 Å². The molecule has 0 saturated heterocycles. The molecule has 3 aromatic rings. The normalized spacial score (nSPS) is 10.3. The second-order valence-corrected chi connectivity index (χ2v) is 7.95. The molecule has 1 N–H and O–H groups in total. The Bertz CT molecular complexity index is 1130. The van der Waals surface area contributed by atoms with E-state index in [1.807, 2.05) is 6.07 Å². The molecule has 1 aromatic heterocycles. The van der Waals surface area contributed by atoms with E-state index in [1.165, 1.54) is 30.4 Å². The lowest BCUT2D eigenvalue weighted by Gasteiger charge is -2.16. The highest BCUT2D eigenvalue weighted by Crippen LogP contribution is 2.26. The standard InChI is InChI=1S/C22H20ClN3O5S/c1-26(11-19(27)24-16-7-4-8-17(10-16)30-2)20(28)12-31-22(29)18-13-32-21(25-18)14-5-3-6-15(23)9-14/h3-10,13H,11-12H2,1-2H3,(H,24,27). The first-order chi connectivity index (χ1) is 15.4. The van der Waals surface area contributed by atoms with E-state index in [1.54, 1.807) is 47.8 Å². The highest BCUT2D eigenvalue weighted by molar-refractivity contribution is 7.13. The van der Waals surface area contributed by atoms with Crippen molar-refractivity contribution in [3.63, 3.8) is 0 Å². The molecule has 166 valence electrons. The van der Waals surface area contributed by atoms with E-state index < -0.39 is 24.4 Å². The van der Waals surface area contributed by atoms with E-state index in [4.69, 9.17) is 21.1 Å². The van der Waals surface area contributed by atoms with Gasteiger partial charge < -0.3 is 19.7 Å². The van der Waals surface area contributed by atoms with Crippen LogP contribution >= 0.6 is 22.9 Å². The minimum absolute atomic E-state index is 0.0937. The molecule has 10 heteroatoms. The third kappa shape index (κ3) is 6.29. The molecule has 0 unspecified atom stereocenters. The summed E-state index contributed by atoms with van der Waals surface area (Å²) < 4.78 is 10.2. The summed E-state index contributed by atoms with van der Waals surface area (Å²) in [5, 5.41) is 5.40. The van der Waals surface area contributed by atoms with Crippen LogP contribution < -0.4 is 10.1 Å². The molecule has 0 aliphatic heterocycles. The fourth-order valence-corrected chi connectivity index (χ4v) is 3.61. The van der Waals surface area contributed by atoms with Gasteiger partial charge in [0.15, 0.2) is 12.3 Å². The van der Waals surface area contributed by atoms with Gasteiger partial charge in [-0.05, 0) is 24.3 Å². The van der Waals surface area contributed by atoms with E-state index in [-0.39, 0.29) is 12.2 Å². The van der Waals surface area contributed by atoms with Crippen molar-refractivity contribution in [3.05, 3.63) is 64.6 Å². The predicted molar refractivity (Wildman–Crippen MR) is 122 cm³/mol. The second kappa shape index (κ2) is 10.7. The Hall–Kier alpha value is -3.43. The number of carbonyl (C=O) groups is 3. The number of amides is 2. The number of carbonyl (C=O) groups excluding carboxylic acids is 3. The van der Waals surface area contributed by atoms with Crippen molar-refractivity contribution >= 4 is 46.4 Å². The van der Waals surface area contributed by atoms with Gasteiger partial charge in [-0.2, -0.15) is 0 Å². The maximum atomic E-state index is 12.2. The molecule has 0 saturated carbocycles. The number of rotatable bonds is 8. The first-order valence-electron chi connectivity index (χ1n) is 9.42. The van der Waals surface area contributed by atoms with Gasteiger partial charge in [-0.15, -0.1) is 11.3 Å². The second-order valence-electron chi connectivity index (χ2n) is 6.65. The Labute approximate surface area is 193 Å². The molecule has 8 nitrogen and oxygen atoms in total. The average Bonchev–Trinajstić information content (AvgIpc) is 3.27. The maximum absolute atomic E-state index is 12.2. The lowest BCUT2D eigenvalue weighted by Crippen LogP contribution is -2.37. The van der Waals surface area contributed by atoms with Crippen LogP contribution in [0.25, 0.3) is 10.6 Å². The van der Waals surface area contributed by atoms with E-state index in [9.17, 15) is 14.4 Å². The first-order valence-corrected chi connectivity index (χ1v) is 10.7. The summed E-state index contributed by atoms with van der Waals surface area (Å²) in [7, 11) is 2.97. The highest BCUT2D eigenvalue weighted by atomic mass is 35.5. The molecular weight excluding hydrogens is 454 g/mol. The van der Waals surface area contributed by atoms with Crippen molar-refractivity contribution < 1.29 is 23.9 Å². The number of hydrogen-bond acceptors (Lipinski definition) is 7. The quantitative estimate of drug-likeness (QED) is 0.501. The van der Waals surface area contributed by atoms with Gasteiger partial charge in [-0.25, -0.2) is 9.78 Å². The molecule has 0 aliphatic rings. The number of methoxy groups -OCH3 is 1. The maximum Gasteiger partial charge on any atom is 0.358 e. The Morgan fingerprint density at radius 3 is 2.69 bits per heavy atom. The third-order valence-electron chi connectivity index (χ3n) is 4.27. The largest absolute Gasteiger partial charge is 0.497 e. The molecule has 2 aromatic carbocycles. The van der Waals surface area contributed by atoms with Gasteiger partial charge in [-0.1, -0.05) is 29.8 Å². The smallest absolute Gasteiger partial charge is 0.358 e. The number of likely N-dealkylation sites (N-methyl/N-ethyl adjacent to an activating group) is 1. The summed E-state index contributed by atoms with van der Waals surface area (Å²) in [6.07, 6.45) is 0. The van der Waals surface area contributed by atoms with Crippen LogP contribution in [0.2, 0.25) is 5.02 Å². The molecule has 0 bridgehead atoms. The lowest BCUT2D eigenvalue weighted by molar-refractivity contribution is -0.136. The van der Waals surface area contributed by atoms with Gasteiger partial charge >= 0.3 is 5.97 Å². The summed E-state index contributed by atoms with van der Waals surface area (Å²) >= 11 is 7.25. The third-order valence-corrected chi connectivity index (χ3v) is 5.40. The van der Waals surface area contributed by atoms with Crippen LogP contribution in [0.4, 0.5) is 5.69 Å². The lowest BCUT2D eigenvalue weighted by atomic mass is 10.2. The fourth-order valence-electron chi connectivity index (χ4n) is 2.64.